The van der Waals surface area contributed by atoms with Crippen molar-refractivity contribution < 1.29 is 14.3 Å². The number of esters is 1. The second-order valence-corrected chi connectivity index (χ2v) is 8.93. The predicted molar refractivity (Wildman–Crippen MR) is 111 cm³/mol. The number of benzene rings is 2. The standard InChI is InChI=1S/C22H27NO3S/c1-14(2)12-26-22(25)19-13-27-21(15(3)4)23(19)20(24)18-10-9-16-7-5-6-8-17(16)11-18/h5-11,14-15,19,21H,12-13H2,1-4H3. The van der Waals surface area contributed by atoms with Crippen LogP contribution in [0.15, 0.2) is 42.5 Å². The second kappa shape index (κ2) is 8.34. The third-order valence-corrected chi connectivity index (χ3v) is 6.29. The molecule has 1 fully saturated rings. The van der Waals surface area contributed by atoms with Crippen LogP contribution in [-0.4, -0.2) is 40.6 Å². The normalized spacial score (nSPS) is 19.9. The first-order chi connectivity index (χ1) is 12.9. The van der Waals surface area contributed by atoms with Crippen molar-refractivity contribution in [2.75, 3.05) is 12.4 Å². The van der Waals surface area contributed by atoms with E-state index < -0.39 is 6.04 Å². The van der Waals surface area contributed by atoms with Crippen LogP contribution in [0.4, 0.5) is 0 Å². The molecule has 1 saturated heterocycles. The number of thioether (sulfide) groups is 1. The van der Waals surface area contributed by atoms with Crippen molar-refractivity contribution in [2.45, 2.75) is 39.1 Å². The Labute approximate surface area is 165 Å². The molecule has 2 aromatic carbocycles. The topological polar surface area (TPSA) is 46.6 Å². The zero-order valence-corrected chi connectivity index (χ0v) is 17.2. The van der Waals surface area contributed by atoms with Gasteiger partial charge in [-0.1, -0.05) is 58.0 Å². The van der Waals surface area contributed by atoms with E-state index in [1.807, 2.05) is 56.3 Å². The Balaban J connectivity index is 1.89. The molecule has 3 rings (SSSR count). The molecule has 0 bridgehead atoms. The third-order valence-electron chi connectivity index (χ3n) is 4.67. The van der Waals surface area contributed by atoms with Crippen LogP contribution in [0.25, 0.3) is 10.8 Å². The summed E-state index contributed by atoms with van der Waals surface area (Å²) in [5.74, 6) is 0.708. The molecule has 2 unspecified atom stereocenters. The number of amides is 1. The van der Waals surface area contributed by atoms with Crippen LogP contribution >= 0.6 is 11.8 Å². The Hall–Kier alpha value is -2.01. The summed E-state index contributed by atoms with van der Waals surface area (Å²) in [6.45, 7) is 8.56. The lowest BCUT2D eigenvalue weighted by molar-refractivity contribution is -0.149. The van der Waals surface area contributed by atoms with Crippen LogP contribution in [0.5, 0.6) is 0 Å². The summed E-state index contributed by atoms with van der Waals surface area (Å²) in [4.78, 5) is 27.7. The van der Waals surface area contributed by atoms with Gasteiger partial charge in [-0.2, -0.15) is 0 Å². The molecule has 2 atom stereocenters. The van der Waals surface area contributed by atoms with Gasteiger partial charge in [-0.05, 0) is 34.7 Å². The van der Waals surface area contributed by atoms with Gasteiger partial charge in [0.05, 0.1) is 12.0 Å². The van der Waals surface area contributed by atoms with Crippen molar-refractivity contribution in [2.24, 2.45) is 11.8 Å². The van der Waals surface area contributed by atoms with E-state index in [1.165, 1.54) is 0 Å². The van der Waals surface area contributed by atoms with E-state index >= 15 is 0 Å². The van der Waals surface area contributed by atoms with E-state index in [9.17, 15) is 9.59 Å². The van der Waals surface area contributed by atoms with Gasteiger partial charge < -0.3 is 9.64 Å². The molecule has 1 aliphatic heterocycles. The molecular weight excluding hydrogens is 358 g/mol. The average molecular weight is 386 g/mol. The molecule has 0 saturated carbocycles. The molecule has 1 aliphatic rings. The summed E-state index contributed by atoms with van der Waals surface area (Å²) in [5.41, 5.74) is 0.614. The predicted octanol–water partition coefficient (Wildman–Crippen LogP) is 4.58. The average Bonchev–Trinajstić information content (AvgIpc) is 3.10. The van der Waals surface area contributed by atoms with Crippen molar-refractivity contribution in [1.82, 2.24) is 4.90 Å². The van der Waals surface area contributed by atoms with Crippen LogP contribution in [0.3, 0.4) is 0 Å². The Bertz CT molecular complexity index is 833. The highest BCUT2D eigenvalue weighted by atomic mass is 32.2. The molecule has 144 valence electrons. The first kappa shape index (κ1) is 19.7. The monoisotopic (exact) mass is 385 g/mol. The van der Waals surface area contributed by atoms with Gasteiger partial charge in [-0.3, -0.25) is 4.79 Å². The molecule has 0 N–H and O–H groups in total. The first-order valence-corrected chi connectivity index (χ1v) is 10.5. The minimum Gasteiger partial charge on any atom is -0.464 e. The fourth-order valence-corrected chi connectivity index (χ4v) is 4.76. The SMILES string of the molecule is CC(C)COC(=O)C1CSC(C(C)C)N1C(=O)c1ccc2ccccc2c1. The maximum Gasteiger partial charge on any atom is 0.329 e. The van der Waals surface area contributed by atoms with Gasteiger partial charge in [0.25, 0.3) is 5.91 Å². The van der Waals surface area contributed by atoms with Gasteiger partial charge in [-0.25, -0.2) is 4.79 Å². The molecule has 1 amide bonds. The molecule has 0 radical (unpaired) electrons. The van der Waals surface area contributed by atoms with E-state index in [-0.39, 0.29) is 29.1 Å². The van der Waals surface area contributed by atoms with E-state index in [1.54, 1.807) is 16.7 Å². The number of rotatable bonds is 5. The van der Waals surface area contributed by atoms with E-state index in [0.29, 0.717) is 17.9 Å². The molecule has 0 spiro atoms. The van der Waals surface area contributed by atoms with Crippen LogP contribution in [0.1, 0.15) is 38.1 Å². The maximum absolute atomic E-state index is 13.4. The van der Waals surface area contributed by atoms with Crippen molar-refractivity contribution in [3.05, 3.63) is 48.0 Å². The van der Waals surface area contributed by atoms with Gasteiger partial charge in [0.1, 0.15) is 6.04 Å². The maximum atomic E-state index is 13.4. The summed E-state index contributed by atoms with van der Waals surface area (Å²) >= 11 is 1.66. The van der Waals surface area contributed by atoms with E-state index in [0.717, 1.165) is 10.8 Å². The summed E-state index contributed by atoms with van der Waals surface area (Å²) in [6.07, 6.45) is 0. The number of carbonyl (C=O) groups excluding carboxylic acids is 2. The fourth-order valence-electron chi connectivity index (χ4n) is 3.30. The minimum absolute atomic E-state index is 0.0272. The van der Waals surface area contributed by atoms with Crippen molar-refractivity contribution in [3.8, 4) is 0 Å². The molecule has 1 heterocycles. The van der Waals surface area contributed by atoms with Gasteiger partial charge in [-0.15, -0.1) is 11.8 Å². The van der Waals surface area contributed by atoms with Crippen molar-refractivity contribution in [1.29, 1.82) is 0 Å². The molecule has 27 heavy (non-hydrogen) atoms. The Morgan fingerprint density at radius 1 is 1.11 bits per heavy atom. The molecule has 0 aromatic heterocycles. The largest absolute Gasteiger partial charge is 0.464 e. The van der Waals surface area contributed by atoms with Gasteiger partial charge in [0, 0.05) is 11.3 Å². The highest BCUT2D eigenvalue weighted by molar-refractivity contribution is 8.00. The smallest absolute Gasteiger partial charge is 0.329 e. The summed E-state index contributed by atoms with van der Waals surface area (Å²) < 4.78 is 5.46. The quantitative estimate of drug-likeness (QED) is 0.707. The number of ether oxygens (including phenoxy) is 1. The third kappa shape index (κ3) is 4.29. The molecule has 0 aliphatic carbocycles. The second-order valence-electron chi connectivity index (χ2n) is 7.78. The summed E-state index contributed by atoms with van der Waals surface area (Å²) in [7, 11) is 0. The van der Waals surface area contributed by atoms with Gasteiger partial charge in [0.15, 0.2) is 0 Å². The first-order valence-electron chi connectivity index (χ1n) is 9.48. The van der Waals surface area contributed by atoms with Crippen LogP contribution < -0.4 is 0 Å². The van der Waals surface area contributed by atoms with Crippen LogP contribution in [-0.2, 0) is 9.53 Å². The molecule has 2 aromatic rings. The zero-order valence-electron chi connectivity index (χ0n) is 16.3. The Morgan fingerprint density at radius 3 is 2.48 bits per heavy atom. The number of carbonyl (C=O) groups is 2. The number of hydrogen-bond acceptors (Lipinski definition) is 4. The van der Waals surface area contributed by atoms with Gasteiger partial charge >= 0.3 is 5.97 Å². The summed E-state index contributed by atoms with van der Waals surface area (Å²) in [6, 6.07) is 13.2. The van der Waals surface area contributed by atoms with Crippen LogP contribution in [0.2, 0.25) is 0 Å². The van der Waals surface area contributed by atoms with Gasteiger partial charge in [0.2, 0.25) is 0 Å². The Kier molecular flexibility index (Phi) is 6.10. The van der Waals surface area contributed by atoms with Crippen molar-refractivity contribution in [3.63, 3.8) is 0 Å². The van der Waals surface area contributed by atoms with Crippen LogP contribution in [0, 0.1) is 11.8 Å². The number of fused-ring (bicyclic) bond motifs is 1. The lowest BCUT2D eigenvalue weighted by Gasteiger charge is -2.30. The zero-order chi connectivity index (χ0) is 19.6. The number of nitrogens with zero attached hydrogens (tertiary/aromatic N) is 1. The summed E-state index contributed by atoms with van der Waals surface area (Å²) in [5, 5.41) is 2.09. The fraction of sp³-hybridized carbons (Fsp3) is 0.455. The van der Waals surface area contributed by atoms with Crippen molar-refractivity contribution >= 4 is 34.4 Å². The lowest BCUT2D eigenvalue weighted by atomic mass is 10.0. The Morgan fingerprint density at radius 2 is 1.81 bits per heavy atom. The molecule has 5 heteroatoms. The molecule has 4 nitrogen and oxygen atoms in total. The van der Waals surface area contributed by atoms with E-state index in [2.05, 4.69) is 13.8 Å². The highest BCUT2D eigenvalue weighted by Gasteiger charge is 2.43. The highest BCUT2D eigenvalue weighted by Crippen LogP contribution is 2.36. The van der Waals surface area contributed by atoms with E-state index in [4.69, 9.17) is 4.74 Å². The number of hydrogen-bond donors (Lipinski definition) is 0. The lowest BCUT2D eigenvalue weighted by Crippen LogP contribution is -2.48. The minimum atomic E-state index is -0.528. The molecular formula is C22H27NO3S.